The maximum atomic E-state index is 13.3. The zero-order chi connectivity index (χ0) is 19.0. The van der Waals surface area contributed by atoms with Gasteiger partial charge in [-0.2, -0.15) is 0 Å². The van der Waals surface area contributed by atoms with Gasteiger partial charge < -0.3 is 4.98 Å². The number of benzene rings is 2. The predicted molar refractivity (Wildman–Crippen MR) is 115 cm³/mol. The number of rotatable bonds is 3. The Morgan fingerprint density at radius 1 is 0.964 bits per heavy atom. The highest BCUT2D eigenvalue weighted by Gasteiger charge is 2.42. The van der Waals surface area contributed by atoms with E-state index < -0.39 is 0 Å². The van der Waals surface area contributed by atoms with Crippen molar-refractivity contribution in [1.29, 1.82) is 0 Å². The SMILES string of the molecule is O=c1[nH]c(SCc2ccccc2)nc2c1C1(CCCCC1)Cc1ccccc1-2. The van der Waals surface area contributed by atoms with Crippen LogP contribution in [0.5, 0.6) is 0 Å². The molecule has 2 aliphatic carbocycles. The van der Waals surface area contributed by atoms with Crippen LogP contribution in [0.3, 0.4) is 0 Å². The van der Waals surface area contributed by atoms with Crippen LogP contribution in [-0.2, 0) is 17.6 Å². The molecule has 0 aliphatic heterocycles. The van der Waals surface area contributed by atoms with Crippen molar-refractivity contribution in [1.82, 2.24) is 9.97 Å². The van der Waals surface area contributed by atoms with Gasteiger partial charge in [0.25, 0.3) is 5.56 Å². The smallest absolute Gasteiger partial charge is 0.255 e. The first kappa shape index (κ1) is 17.7. The van der Waals surface area contributed by atoms with Crippen LogP contribution in [0.2, 0.25) is 0 Å². The van der Waals surface area contributed by atoms with Gasteiger partial charge in [-0.05, 0) is 30.4 Å². The Kier molecular flexibility index (Phi) is 4.59. The summed E-state index contributed by atoms with van der Waals surface area (Å²) in [6.07, 6.45) is 6.83. The molecule has 0 unspecified atom stereocenters. The average molecular weight is 389 g/mol. The van der Waals surface area contributed by atoms with Crippen LogP contribution in [0.1, 0.15) is 48.8 Å². The van der Waals surface area contributed by atoms with E-state index in [0.29, 0.717) is 0 Å². The minimum atomic E-state index is -0.0366. The average Bonchev–Trinajstić information content (AvgIpc) is 2.73. The van der Waals surface area contributed by atoms with Crippen molar-refractivity contribution in [2.24, 2.45) is 0 Å². The molecule has 142 valence electrons. The highest BCUT2D eigenvalue weighted by molar-refractivity contribution is 7.98. The van der Waals surface area contributed by atoms with Crippen LogP contribution in [0.15, 0.2) is 64.5 Å². The number of hydrogen-bond acceptors (Lipinski definition) is 3. The first-order valence-corrected chi connectivity index (χ1v) is 11.1. The van der Waals surface area contributed by atoms with Gasteiger partial charge in [-0.3, -0.25) is 4.79 Å². The van der Waals surface area contributed by atoms with Gasteiger partial charge in [0.15, 0.2) is 5.16 Å². The van der Waals surface area contributed by atoms with Crippen LogP contribution >= 0.6 is 11.8 Å². The number of aromatic amines is 1. The number of fused-ring (bicyclic) bond motifs is 4. The van der Waals surface area contributed by atoms with Crippen LogP contribution in [0.4, 0.5) is 0 Å². The molecule has 0 amide bonds. The van der Waals surface area contributed by atoms with Crippen molar-refractivity contribution in [3.8, 4) is 11.3 Å². The molecule has 3 aromatic rings. The zero-order valence-electron chi connectivity index (χ0n) is 15.9. The van der Waals surface area contributed by atoms with Gasteiger partial charge >= 0.3 is 0 Å². The van der Waals surface area contributed by atoms with E-state index >= 15 is 0 Å². The van der Waals surface area contributed by atoms with Gasteiger partial charge in [-0.1, -0.05) is 85.6 Å². The molecule has 1 spiro atoms. The van der Waals surface area contributed by atoms with Crippen molar-refractivity contribution in [2.75, 3.05) is 0 Å². The van der Waals surface area contributed by atoms with Crippen LogP contribution in [0.25, 0.3) is 11.3 Å². The molecule has 28 heavy (non-hydrogen) atoms. The molecule has 1 fully saturated rings. The first-order chi connectivity index (χ1) is 13.8. The van der Waals surface area contributed by atoms with Crippen molar-refractivity contribution < 1.29 is 0 Å². The lowest BCUT2D eigenvalue weighted by Crippen LogP contribution is -2.40. The molecule has 1 saturated carbocycles. The van der Waals surface area contributed by atoms with E-state index in [0.717, 1.165) is 47.0 Å². The van der Waals surface area contributed by atoms with Crippen molar-refractivity contribution in [3.05, 3.63) is 81.6 Å². The molecule has 2 aromatic carbocycles. The van der Waals surface area contributed by atoms with Gasteiger partial charge in [0.05, 0.1) is 11.3 Å². The maximum Gasteiger partial charge on any atom is 0.255 e. The summed E-state index contributed by atoms with van der Waals surface area (Å²) in [5.41, 5.74) is 5.60. The topological polar surface area (TPSA) is 45.8 Å². The van der Waals surface area contributed by atoms with E-state index in [4.69, 9.17) is 4.98 Å². The number of aromatic nitrogens is 2. The van der Waals surface area contributed by atoms with Crippen LogP contribution in [-0.4, -0.2) is 9.97 Å². The second-order valence-electron chi connectivity index (χ2n) is 8.04. The number of thioether (sulfide) groups is 1. The lowest BCUT2D eigenvalue weighted by molar-refractivity contribution is 0.284. The van der Waals surface area contributed by atoms with Crippen LogP contribution < -0.4 is 5.56 Å². The second-order valence-corrected chi connectivity index (χ2v) is 9.01. The Hall–Kier alpha value is -2.33. The third-order valence-electron chi connectivity index (χ3n) is 6.26. The van der Waals surface area contributed by atoms with Gasteiger partial charge in [0.1, 0.15) is 0 Å². The first-order valence-electron chi connectivity index (χ1n) is 10.1. The summed E-state index contributed by atoms with van der Waals surface area (Å²) in [6, 6.07) is 18.8. The summed E-state index contributed by atoms with van der Waals surface area (Å²) in [5, 5.41) is 0.718. The van der Waals surface area contributed by atoms with E-state index in [2.05, 4.69) is 41.4 Å². The Balaban J connectivity index is 1.59. The fraction of sp³-hybridized carbons (Fsp3) is 0.333. The Morgan fingerprint density at radius 2 is 1.71 bits per heavy atom. The van der Waals surface area contributed by atoms with E-state index in [-0.39, 0.29) is 11.0 Å². The molecule has 1 aromatic heterocycles. The Bertz CT molecular complexity index is 1050. The molecular formula is C24H24N2OS. The molecule has 1 N–H and O–H groups in total. The summed E-state index contributed by atoms with van der Waals surface area (Å²) in [7, 11) is 0. The van der Waals surface area contributed by atoms with Crippen LogP contribution in [0, 0.1) is 0 Å². The Morgan fingerprint density at radius 3 is 2.54 bits per heavy atom. The lowest BCUT2D eigenvalue weighted by Gasteiger charge is -2.41. The van der Waals surface area contributed by atoms with E-state index in [1.807, 2.05) is 18.2 Å². The molecule has 5 rings (SSSR count). The molecule has 3 nitrogen and oxygen atoms in total. The summed E-state index contributed by atoms with van der Waals surface area (Å²) < 4.78 is 0. The number of nitrogens with one attached hydrogen (secondary N) is 1. The molecule has 0 bridgehead atoms. The molecule has 0 saturated heterocycles. The predicted octanol–water partition coefficient (Wildman–Crippen LogP) is 5.49. The number of nitrogens with zero attached hydrogens (tertiary/aromatic N) is 1. The highest BCUT2D eigenvalue weighted by Crippen LogP contribution is 2.48. The minimum Gasteiger partial charge on any atom is -0.301 e. The number of H-pyrrole nitrogens is 1. The fourth-order valence-corrected chi connectivity index (χ4v) is 5.76. The molecule has 2 aliphatic rings. The van der Waals surface area contributed by atoms with Gasteiger partial charge in [0, 0.05) is 16.7 Å². The number of hydrogen-bond donors (Lipinski definition) is 1. The summed E-state index contributed by atoms with van der Waals surface area (Å²) in [6.45, 7) is 0. The van der Waals surface area contributed by atoms with Crippen molar-refractivity contribution >= 4 is 11.8 Å². The molecule has 0 atom stereocenters. The third-order valence-corrected chi connectivity index (χ3v) is 7.20. The Labute approximate surface area is 169 Å². The van der Waals surface area contributed by atoms with Crippen molar-refractivity contribution in [2.45, 2.75) is 54.8 Å². The van der Waals surface area contributed by atoms with Crippen molar-refractivity contribution in [3.63, 3.8) is 0 Å². The van der Waals surface area contributed by atoms with Gasteiger partial charge in [0.2, 0.25) is 0 Å². The standard InChI is InChI=1S/C24H24N2OS/c27-22-20-21(25-23(26-22)28-16-17-9-3-1-4-10-17)19-12-6-5-11-18(19)15-24(20)13-7-2-8-14-24/h1,3-6,9-12H,2,7-8,13-16H2,(H,25,26,27). The fourth-order valence-electron chi connectivity index (χ4n) is 4.95. The van der Waals surface area contributed by atoms with E-state index in [1.54, 1.807) is 11.8 Å². The van der Waals surface area contributed by atoms with E-state index in [1.165, 1.54) is 30.4 Å². The van der Waals surface area contributed by atoms with Gasteiger partial charge in [-0.15, -0.1) is 0 Å². The quantitative estimate of drug-likeness (QED) is 0.477. The van der Waals surface area contributed by atoms with E-state index in [9.17, 15) is 4.79 Å². The van der Waals surface area contributed by atoms with Gasteiger partial charge in [-0.25, -0.2) is 4.98 Å². The lowest BCUT2D eigenvalue weighted by atomic mass is 9.62. The summed E-state index contributed by atoms with van der Waals surface area (Å²) in [4.78, 5) is 21.4. The monoisotopic (exact) mass is 388 g/mol. The molecule has 4 heteroatoms. The highest BCUT2D eigenvalue weighted by atomic mass is 32.2. The summed E-state index contributed by atoms with van der Waals surface area (Å²) in [5.74, 6) is 0.801. The normalized spacial score (nSPS) is 17.1. The third kappa shape index (κ3) is 3.10. The molecule has 0 radical (unpaired) electrons. The second kappa shape index (κ2) is 7.25. The zero-order valence-corrected chi connectivity index (χ0v) is 16.7. The molecule has 1 heterocycles. The maximum absolute atomic E-state index is 13.3. The largest absolute Gasteiger partial charge is 0.301 e. The molecular weight excluding hydrogens is 364 g/mol. The minimum absolute atomic E-state index is 0.0366. The summed E-state index contributed by atoms with van der Waals surface area (Å²) >= 11 is 1.60.